The van der Waals surface area contributed by atoms with Crippen LogP contribution in [-0.4, -0.2) is 30.4 Å². The number of benzene rings is 2. The van der Waals surface area contributed by atoms with E-state index in [4.69, 9.17) is 4.74 Å². The number of carbonyl (C=O) groups is 2. The second-order valence-electron chi connectivity index (χ2n) is 5.99. The van der Waals surface area contributed by atoms with E-state index in [1.54, 1.807) is 42.4 Å². The Morgan fingerprint density at radius 1 is 1.11 bits per heavy atom. The van der Waals surface area contributed by atoms with Gasteiger partial charge in [0.2, 0.25) is 11.8 Å². The van der Waals surface area contributed by atoms with Gasteiger partial charge in [-0.3, -0.25) is 9.59 Å². The number of ether oxygens (including phenoxy) is 1. The second-order valence-corrected chi connectivity index (χ2v) is 5.99. The van der Waals surface area contributed by atoms with Crippen LogP contribution in [0.1, 0.15) is 18.1 Å². The van der Waals surface area contributed by atoms with E-state index < -0.39 is 0 Å². The van der Waals surface area contributed by atoms with Crippen molar-refractivity contribution in [2.24, 2.45) is 0 Å². The highest BCUT2D eigenvalue weighted by molar-refractivity contribution is 5.92. The fourth-order valence-electron chi connectivity index (χ4n) is 2.49. The number of anilines is 1. The molecule has 1 N–H and O–H groups in total. The average molecular weight is 364 g/mol. The third kappa shape index (κ3) is 6.47. The molecule has 0 fully saturated rings. The summed E-state index contributed by atoms with van der Waals surface area (Å²) < 4.78 is 5.16. The number of methoxy groups -OCH3 is 1. The lowest BCUT2D eigenvalue weighted by molar-refractivity contribution is -0.126. The summed E-state index contributed by atoms with van der Waals surface area (Å²) in [6, 6.07) is 14.9. The van der Waals surface area contributed by atoms with Crippen molar-refractivity contribution >= 4 is 23.6 Å². The number of hydrogen-bond donors (Lipinski definition) is 1. The van der Waals surface area contributed by atoms with Gasteiger partial charge in [-0.2, -0.15) is 0 Å². The predicted molar refractivity (Wildman–Crippen MR) is 108 cm³/mol. The van der Waals surface area contributed by atoms with Crippen molar-refractivity contribution in [1.29, 1.82) is 0 Å². The van der Waals surface area contributed by atoms with Crippen molar-refractivity contribution in [2.75, 3.05) is 19.0 Å². The van der Waals surface area contributed by atoms with Crippen molar-refractivity contribution in [3.8, 4) is 5.75 Å². The fraction of sp³-hybridized carbons (Fsp3) is 0.182. The molecule has 140 valence electrons. The number of nitrogens with zero attached hydrogens (tertiary/aromatic N) is 1. The van der Waals surface area contributed by atoms with Crippen LogP contribution in [0, 0.1) is 0 Å². The molecule has 2 rings (SSSR count). The van der Waals surface area contributed by atoms with Crippen LogP contribution in [0.3, 0.4) is 0 Å². The van der Waals surface area contributed by atoms with Gasteiger partial charge in [-0.1, -0.05) is 30.3 Å². The molecular formula is C22H24N2O3. The molecule has 5 nitrogen and oxygen atoms in total. The van der Waals surface area contributed by atoms with Crippen molar-refractivity contribution in [1.82, 2.24) is 4.90 Å². The van der Waals surface area contributed by atoms with E-state index in [-0.39, 0.29) is 11.8 Å². The van der Waals surface area contributed by atoms with Gasteiger partial charge in [0, 0.05) is 31.8 Å². The Morgan fingerprint density at radius 3 is 2.33 bits per heavy atom. The maximum Gasteiger partial charge on any atom is 0.247 e. The monoisotopic (exact) mass is 364 g/mol. The summed E-state index contributed by atoms with van der Waals surface area (Å²) in [5, 5.41) is 2.71. The summed E-state index contributed by atoms with van der Waals surface area (Å²) in [6.45, 7) is 6.13. The van der Waals surface area contributed by atoms with Crippen LogP contribution in [0.5, 0.6) is 5.75 Å². The van der Waals surface area contributed by atoms with Gasteiger partial charge in [0.15, 0.2) is 0 Å². The molecule has 0 saturated carbocycles. The highest BCUT2D eigenvalue weighted by atomic mass is 16.5. The van der Waals surface area contributed by atoms with E-state index in [2.05, 4.69) is 11.9 Å². The number of hydrogen-bond acceptors (Lipinski definition) is 3. The number of amides is 2. The summed E-state index contributed by atoms with van der Waals surface area (Å²) in [5.41, 5.74) is 2.61. The lowest BCUT2D eigenvalue weighted by Gasteiger charge is -2.19. The Labute approximate surface area is 160 Å². The molecule has 2 amide bonds. The Kier molecular flexibility index (Phi) is 7.37. The maximum absolute atomic E-state index is 12.6. The largest absolute Gasteiger partial charge is 0.497 e. The molecule has 0 radical (unpaired) electrons. The zero-order valence-electron chi connectivity index (χ0n) is 15.6. The van der Waals surface area contributed by atoms with Gasteiger partial charge < -0.3 is 15.0 Å². The zero-order valence-corrected chi connectivity index (χ0v) is 15.6. The lowest BCUT2D eigenvalue weighted by Crippen LogP contribution is -2.29. The molecule has 0 aliphatic rings. The Morgan fingerprint density at radius 2 is 1.78 bits per heavy atom. The molecular weight excluding hydrogens is 340 g/mol. The molecule has 0 saturated heterocycles. The molecule has 0 unspecified atom stereocenters. The van der Waals surface area contributed by atoms with Crippen LogP contribution < -0.4 is 10.1 Å². The van der Waals surface area contributed by atoms with E-state index in [0.29, 0.717) is 13.1 Å². The minimum absolute atomic E-state index is 0.100. The highest BCUT2D eigenvalue weighted by Gasteiger charge is 2.10. The van der Waals surface area contributed by atoms with Crippen molar-refractivity contribution in [3.05, 3.63) is 78.4 Å². The van der Waals surface area contributed by atoms with Gasteiger partial charge in [0.25, 0.3) is 0 Å². The number of rotatable bonds is 8. The fourth-order valence-corrected chi connectivity index (χ4v) is 2.49. The average Bonchev–Trinajstić information content (AvgIpc) is 2.67. The molecule has 0 heterocycles. The van der Waals surface area contributed by atoms with Crippen molar-refractivity contribution in [2.45, 2.75) is 13.5 Å². The lowest BCUT2D eigenvalue weighted by atomic mass is 10.1. The van der Waals surface area contributed by atoms with E-state index in [0.717, 1.165) is 22.6 Å². The molecule has 0 atom stereocenters. The summed E-state index contributed by atoms with van der Waals surface area (Å²) in [6.07, 6.45) is 5.00. The molecule has 2 aromatic carbocycles. The molecule has 5 heteroatoms. The van der Waals surface area contributed by atoms with E-state index in [1.807, 2.05) is 36.4 Å². The second kappa shape index (κ2) is 9.97. The summed E-state index contributed by atoms with van der Waals surface area (Å²) in [5.74, 6) is 0.562. The Balaban J connectivity index is 2.03. The molecule has 27 heavy (non-hydrogen) atoms. The van der Waals surface area contributed by atoms with Crippen LogP contribution in [0.4, 0.5) is 5.69 Å². The van der Waals surface area contributed by atoms with Gasteiger partial charge in [-0.25, -0.2) is 0 Å². The first-order valence-electron chi connectivity index (χ1n) is 8.60. The normalized spacial score (nSPS) is 10.4. The van der Waals surface area contributed by atoms with Gasteiger partial charge >= 0.3 is 0 Å². The van der Waals surface area contributed by atoms with Crippen LogP contribution >= 0.6 is 0 Å². The smallest absolute Gasteiger partial charge is 0.247 e. The van der Waals surface area contributed by atoms with Crippen LogP contribution in [0.2, 0.25) is 0 Å². The first-order valence-corrected chi connectivity index (χ1v) is 8.60. The van der Waals surface area contributed by atoms with E-state index in [1.165, 1.54) is 6.92 Å². The maximum atomic E-state index is 12.6. The van der Waals surface area contributed by atoms with Crippen molar-refractivity contribution in [3.63, 3.8) is 0 Å². The van der Waals surface area contributed by atoms with E-state index in [9.17, 15) is 9.59 Å². The van der Waals surface area contributed by atoms with Gasteiger partial charge in [0.05, 0.1) is 7.11 Å². The number of nitrogens with one attached hydrogen (secondary N) is 1. The zero-order chi connectivity index (χ0) is 19.6. The Bertz CT molecular complexity index is 808. The molecule has 0 bridgehead atoms. The highest BCUT2D eigenvalue weighted by Crippen LogP contribution is 2.14. The standard InChI is InChI=1S/C22H24N2O3/c1-4-15-24(16-19-7-12-21(27-3)13-8-19)22(26)14-9-18-5-10-20(11-6-18)23-17(2)25/h4-14H,1,15-16H2,2-3H3,(H,23,25). The topological polar surface area (TPSA) is 58.6 Å². The summed E-state index contributed by atoms with van der Waals surface area (Å²) >= 11 is 0. The van der Waals surface area contributed by atoms with Gasteiger partial charge in [-0.05, 0) is 41.5 Å². The van der Waals surface area contributed by atoms with Crippen LogP contribution in [-0.2, 0) is 16.1 Å². The minimum atomic E-state index is -0.118. The molecule has 0 spiro atoms. The quantitative estimate of drug-likeness (QED) is 0.571. The third-order valence-corrected chi connectivity index (χ3v) is 3.84. The van der Waals surface area contributed by atoms with Crippen LogP contribution in [0.25, 0.3) is 6.08 Å². The SMILES string of the molecule is C=CCN(Cc1ccc(OC)cc1)C(=O)C=Cc1ccc(NC(C)=O)cc1. The summed E-state index contributed by atoms with van der Waals surface area (Å²) in [4.78, 5) is 25.3. The third-order valence-electron chi connectivity index (χ3n) is 3.84. The first-order chi connectivity index (χ1) is 13.0. The first kappa shape index (κ1) is 20.0. The Hall–Kier alpha value is -3.34. The molecule has 0 aromatic heterocycles. The van der Waals surface area contributed by atoms with Crippen LogP contribution in [0.15, 0.2) is 67.3 Å². The van der Waals surface area contributed by atoms with Crippen molar-refractivity contribution < 1.29 is 14.3 Å². The number of carbonyl (C=O) groups excluding carboxylic acids is 2. The molecule has 2 aromatic rings. The predicted octanol–water partition coefficient (Wildman–Crippen LogP) is 3.88. The van der Waals surface area contributed by atoms with Gasteiger partial charge in [0.1, 0.15) is 5.75 Å². The molecule has 0 aliphatic carbocycles. The molecule has 0 aliphatic heterocycles. The van der Waals surface area contributed by atoms with Gasteiger partial charge in [-0.15, -0.1) is 6.58 Å². The van der Waals surface area contributed by atoms with E-state index >= 15 is 0 Å². The minimum Gasteiger partial charge on any atom is -0.497 e. The summed E-state index contributed by atoms with van der Waals surface area (Å²) in [7, 11) is 1.62.